The summed E-state index contributed by atoms with van der Waals surface area (Å²) in [6.07, 6.45) is 2.13. The molecule has 3 aromatic rings. The molecule has 2 heteroatoms. The van der Waals surface area contributed by atoms with E-state index in [9.17, 15) is 0 Å². The van der Waals surface area contributed by atoms with Crippen LogP contribution >= 0.6 is 0 Å². The molecule has 0 aliphatic carbocycles. The van der Waals surface area contributed by atoms with Crippen molar-refractivity contribution in [1.82, 2.24) is 0 Å². The summed E-state index contributed by atoms with van der Waals surface area (Å²) < 4.78 is 27.7. The topological polar surface area (TPSA) is 3.88 Å². The minimum atomic E-state index is -2.15. The van der Waals surface area contributed by atoms with E-state index in [4.69, 9.17) is 4.11 Å². The van der Waals surface area contributed by atoms with Crippen LogP contribution in [0.1, 0.15) is 15.2 Å². The second kappa shape index (κ2) is 6.80. The van der Waals surface area contributed by atoms with Crippen LogP contribution in [0.4, 0.5) is 0 Å². The SMILES string of the molecule is [2H]C([2H])([2H])c1cc(C)c(-c2c[c]([Ge]([CH3])([CH3])[CH3])cc[n+]2C)cc1-c1ccccc1. The molecular formula is C23H28GeN+. The van der Waals surface area contributed by atoms with Gasteiger partial charge in [0.2, 0.25) is 0 Å². The Balaban J connectivity index is 2.30. The van der Waals surface area contributed by atoms with Crippen molar-refractivity contribution >= 4 is 17.7 Å². The quantitative estimate of drug-likeness (QED) is 0.435. The number of aryl methyl sites for hydroxylation is 3. The first-order chi connectivity index (χ1) is 13.0. The summed E-state index contributed by atoms with van der Waals surface area (Å²) in [6.45, 7) is -0.149. The molecular weight excluding hydrogens is 363 g/mol. The van der Waals surface area contributed by atoms with Crippen LogP contribution < -0.4 is 8.96 Å². The Morgan fingerprint density at radius 1 is 0.880 bits per heavy atom. The molecule has 0 aliphatic rings. The van der Waals surface area contributed by atoms with E-state index in [0.717, 1.165) is 27.9 Å². The molecule has 0 aliphatic heterocycles. The van der Waals surface area contributed by atoms with E-state index in [1.54, 1.807) is 0 Å². The van der Waals surface area contributed by atoms with E-state index >= 15 is 0 Å². The van der Waals surface area contributed by atoms with Gasteiger partial charge in [0.1, 0.15) is 0 Å². The molecule has 0 N–H and O–H groups in total. The normalized spacial score (nSPS) is 13.9. The van der Waals surface area contributed by atoms with Gasteiger partial charge in [-0.15, -0.1) is 0 Å². The number of aromatic nitrogens is 1. The second-order valence-electron chi connectivity index (χ2n) is 7.74. The average molecular weight is 394 g/mol. The molecule has 0 saturated carbocycles. The van der Waals surface area contributed by atoms with Crippen LogP contribution in [0.3, 0.4) is 0 Å². The number of pyridine rings is 1. The van der Waals surface area contributed by atoms with E-state index < -0.39 is 20.1 Å². The predicted molar refractivity (Wildman–Crippen MR) is 111 cm³/mol. The Kier molecular flexibility index (Phi) is 3.89. The maximum atomic E-state index is 8.03. The zero-order valence-corrected chi connectivity index (χ0v) is 17.8. The van der Waals surface area contributed by atoms with Crippen LogP contribution in [0.5, 0.6) is 0 Å². The first-order valence-corrected chi connectivity index (χ1v) is 16.0. The second-order valence-corrected chi connectivity index (χ2v) is 18.4. The van der Waals surface area contributed by atoms with Crippen molar-refractivity contribution in [3.63, 3.8) is 0 Å². The standard InChI is InChI=1S/C23H28GeN/c1-17-14-18(2)22(16-21(17)19-10-8-7-9-11-19)23-15-20(24(3,4)5)12-13-25(23)6/h7-16H,1-6H3/q+1/i1D3. The summed E-state index contributed by atoms with van der Waals surface area (Å²) in [5.41, 5.74) is 5.32. The first kappa shape index (κ1) is 14.3. The van der Waals surface area contributed by atoms with Crippen molar-refractivity contribution in [2.45, 2.75) is 31.0 Å². The third-order valence-corrected chi connectivity index (χ3v) is 9.03. The van der Waals surface area contributed by atoms with E-state index in [1.807, 2.05) is 50.4 Å². The zero-order chi connectivity index (χ0) is 20.7. The van der Waals surface area contributed by atoms with Crippen molar-refractivity contribution in [2.75, 3.05) is 0 Å². The van der Waals surface area contributed by atoms with Gasteiger partial charge >= 0.3 is 159 Å². The van der Waals surface area contributed by atoms with Gasteiger partial charge in [0.15, 0.2) is 0 Å². The van der Waals surface area contributed by atoms with Gasteiger partial charge in [-0.1, -0.05) is 0 Å². The van der Waals surface area contributed by atoms with Gasteiger partial charge in [0.25, 0.3) is 0 Å². The monoisotopic (exact) mass is 395 g/mol. The van der Waals surface area contributed by atoms with Crippen molar-refractivity contribution in [1.29, 1.82) is 0 Å². The molecule has 3 rings (SSSR count). The summed E-state index contributed by atoms with van der Waals surface area (Å²) in [5.74, 6) is 7.16. The van der Waals surface area contributed by atoms with Crippen LogP contribution in [0, 0.1) is 13.8 Å². The number of benzene rings is 2. The molecule has 0 bridgehead atoms. The van der Waals surface area contributed by atoms with Gasteiger partial charge in [-0.25, -0.2) is 0 Å². The van der Waals surface area contributed by atoms with Gasteiger partial charge in [0.05, 0.1) is 0 Å². The van der Waals surface area contributed by atoms with Crippen LogP contribution in [0.15, 0.2) is 60.8 Å². The number of hydrogen-bond acceptors (Lipinski definition) is 0. The van der Waals surface area contributed by atoms with Gasteiger partial charge in [-0.3, -0.25) is 0 Å². The number of nitrogens with zero attached hydrogens (tertiary/aromatic N) is 1. The van der Waals surface area contributed by atoms with Crippen LogP contribution in [-0.4, -0.2) is 13.3 Å². The van der Waals surface area contributed by atoms with Gasteiger partial charge in [0, 0.05) is 0 Å². The fraction of sp³-hybridized carbons (Fsp3) is 0.261. The summed E-state index contributed by atoms with van der Waals surface area (Å²) in [5, 5.41) is 0. The summed E-state index contributed by atoms with van der Waals surface area (Å²) >= 11 is -1.98. The molecule has 0 atom stereocenters. The van der Waals surface area contributed by atoms with Crippen molar-refractivity contribution in [3.8, 4) is 22.4 Å². The van der Waals surface area contributed by atoms with E-state index in [0.29, 0.717) is 5.56 Å². The maximum absolute atomic E-state index is 8.03. The molecule has 128 valence electrons. The van der Waals surface area contributed by atoms with E-state index in [-0.39, 0.29) is 0 Å². The van der Waals surface area contributed by atoms with Crippen molar-refractivity contribution < 1.29 is 8.68 Å². The third kappa shape index (κ3) is 3.72. The Morgan fingerprint density at radius 2 is 1.60 bits per heavy atom. The predicted octanol–water partition coefficient (Wildman–Crippen LogP) is 5.01. The zero-order valence-electron chi connectivity index (χ0n) is 18.7. The Bertz CT molecular complexity index is 1000. The molecule has 0 radical (unpaired) electrons. The van der Waals surface area contributed by atoms with Gasteiger partial charge in [-0.05, 0) is 0 Å². The van der Waals surface area contributed by atoms with Gasteiger partial charge < -0.3 is 0 Å². The molecule has 0 unspecified atom stereocenters. The molecule has 1 heterocycles. The Hall–Kier alpha value is -1.87. The Labute approximate surface area is 158 Å². The summed E-state index contributed by atoms with van der Waals surface area (Å²) in [7, 11) is 2.05. The Morgan fingerprint density at radius 3 is 2.24 bits per heavy atom. The van der Waals surface area contributed by atoms with Crippen molar-refractivity contribution in [2.24, 2.45) is 7.05 Å². The molecule has 1 nitrogen and oxygen atoms in total. The molecule has 0 spiro atoms. The van der Waals surface area contributed by atoms with Crippen molar-refractivity contribution in [3.05, 3.63) is 71.9 Å². The molecule has 0 saturated heterocycles. The number of rotatable bonds is 3. The summed E-state index contributed by atoms with van der Waals surface area (Å²) in [4.78, 5) is 0. The van der Waals surface area contributed by atoms with E-state index in [2.05, 4.69) is 46.2 Å². The third-order valence-electron chi connectivity index (χ3n) is 4.74. The summed E-state index contributed by atoms with van der Waals surface area (Å²) in [6, 6.07) is 18.2. The van der Waals surface area contributed by atoms with Crippen LogP contribution in [0.25, 0.3) is 22.4 Å². The molecule has 0 amide bonds. The molecule has 0 fully saturated rings. The fourth-order valence-electron chi connectivity index (χ4n) is 3.14. The minimum absolute atomic E-state index is 0.409. The van der Waals surface area contributed by atoms with Crippen LogP contribution in [0.2, 0.25) is 17.3 Å². The molecule has 1 aromatic heterocycles. The van der Waals surface area contributed by atoms with Crippen LogP contribution in [-0.2, 0) is 7.05 Å². The molecule has 25 heavy (non-hydrogen) atoms. The first-order valence-electron chi connectivity index (χ1n) is 10.2. The average Bonchev–Trinajstić information content (AvgIpc) is 2.61. The number of hydrogen-bond donors (Lipinski definition) is 0. The van der Waals surface area contributed by atoms with E-state index in [1.165, 1.54) is 4.40 Å². The molecule has 2 aromatic carbocycles. The fourth-order valence-corrected chi connectivity index (χ4v) is 5.55. The van der Waals surface area contributed by atoms with Gasteiger partial charge in [-0.2, -0.15) is 0 Å².